The molecule has 2 aliphatic rings. The lowest BCUT2D eigenvalue weighted by Gasteiger charge is -2.42. The Morgan fingerprint density at radius 2 is 1.70 bits per heavy atom. The number of piperazine rings is 1. The molecule has 250 valence electrons. The molecular weight excluding hydrogens is 791 g/mol. The summed E-state index contributed by atoms with van der Waals surface area (Å²) in [5, 5.41) is 0. The number of fused-ring (bicyclic) bond motifs is 1. The van der Waals surface area contributed by atoms with Crippen LogP contribution in [0.2, 0.25) is 0 Å². The van der Waals surface area contributed by atoms with Crippen LogP contribution in [0.4, 0.5) is 34.5 Å². The Kier molecular flexibility index (Phi) is 11.1. The van der Waals surface area contributed by atoms with E-state index in [2.05, 4.69) is 108 Å². The third-order valence-corrected chi connectivity index (χ3v) is 11.4. The second kappa shape index (κ2) is 15.3. The number of methoxy groups -OCH3 is 1. The van der Waals surface area contributed by atoms with Crippen molar-refractivity contribution in [2.24, 2.45) is 0 Å². The van der Waals surface area contributed by atoms with Gasteiger partial charge in [0, 0.05) is 95.5 Å². The van der Waals surface area contributed by atoms with Crippen molar-refractivity contribution in [3.63, 3.8) is 0 Å². The molecule has 0 saturated carbocycles. The summed E-state index contributed by atoms with van der Waals surface area (Å²) in [5.74, 6) is 3.00. The highest BCUT2D eigenvalue weighted by molar-refractivity contribution is 14.1. The number of aromatic nitrogens is 4. The van der Waals surface area contributed by atoms with E-state index in [1.165, 1.54) is 44.7 Å². The SMILES string of the molecule is CCSN(C)c1c(N(I)c2nc(N(C)c3ccc(N4CCC(N5CCN(C)CC5)CC4)cc3OC)ncc2Br)ccc2nccnc12. The van der Waals surface area contributed by atoms with Gasteiger partial charge < -0.3 is 23.7 Å². The standard InChI is InChI=1S/C33H42BrIN10OS/c1-6-47-42(4)31-28(10-8-26-30(31)37-14-13-36-26)45(35)32-25(34)22-38-33(39-32)41(3)27-9-7-24(21-29(27)46-5)43-15-11-23(12-16-43)44-19-17-40(2)18-20-44/h7-10,13-14,21-23H,6,11-12,15-20H2,1-5H3. The highest BCUT2D eigenvalue weighted by atomic mass is 127. The van der Waals surface area contributed by atoms with Crippen LogP contribution in [0.15, 0.2) is 53.4 Å². The summed E-state index contributed by atoms with van der Waals surface area (Å²) < 4.78 is 10.9. The number of hydrogen-bond donors (Lipinski definition) is 0. The minimum Gasteiger partial charge on any atom is -0.494 e. The number of halogens is 2. The Bertz CT molecular complexity index is 1690. The van der Waals surface area contributed by atoms with Gasteiger partial charge in [0.2, 0.25) is 5.95 Å². The van der Waals surface area contributed by atoms with E-state index in [4.69, 9.17) is 19.7 Å². The summed E-state index contributed by atoms with van der Waals surface area (Å²) in [6.45, 7) is 8.93. The Hall–Kier alpha value is -2.66. The van der Waals surface area contributed by atoms with Crippen LogP contribution in [-0.4, -0.2) is 109 Å². The average molecular weight is 834 g/mol. The number of hydrogen-bond acceptors (Lipinski definition) is 12. The maximum Gasteiger partial charge on any atom is 0.231 e. The van der Waals surface area contributed by atoms with Crippen LogP contribution in [0.5, 0.6) is 5.75 Å². The van der Waals surface area contributed by atoms with Gasteiger partial charge in [-0.1, -0.05) is 18.9 Å². The van der Waals surface area contributed by atoms with E-state index in [1.807, 2.05) is 21.1 Å². The molecular formula is C33H42BrIN10OS. The molecule has 2 aliphatic heterocycles. The van der Waals surface area contributed by atoms with Crippen molar-refractivity contribution >= 4 is 96.3 Å². The summed E-state index contributed by atoms with van der Waals surface area (Å²) in [5.41, 5.74) is 5.70. The van der Waals surface area contributed by atoms with Crippen LogP contribution >= 0.6 is 50.7 Å². The number of anilines is 6. The van der Waals surface area contributed by atoms with Crippen LogP contribution < -0.4 is 22.0 Å². The molecule has 4 heterocycles. The monoisotopic (exact) mass is 832 g/mol. The van der Waals surface area contributed by atoms with Crippen molar-refractivity contribution in [1.29, 1.82) is 0 Å². The van der Waals surface area contributed by atoms with Crippen LogP contribution in [0.25, 0.3) is 11.0 Å². The Morgan fingerprint density at radius 3 is 2.43 bits per heavy atom. The highest BCUT2D eigenvalue weighted by Crippen LogP contribution is 2.44. The van der Waals surface area contributed by atoms with Gasteiger partial charge in [-0.25, -0.2) is 4.98 Å². The summed E-state index contributed by atoms with van der Waals surface area (Å²) in [4.78, 5) is 28.6. The molecule has 2 aromatic carbocycles. The molecule has 0 amide bonds. The van der Waals surface area contributed by atoms with Gasteiger partial charge in [0.1, 0.15) is 11.3 Å². The second-order valence-electron chi connectivity index (χ2n) is 11.9. The third-order valence-electron chi connectivity index (χ3n) is 9.05. The van der Waals surface area contributed by atoms with Gasteiger partial charge in [0.15, 0.2) is 5.82 Å². The fraction of sp³-hybridized carbons (Fsp3) is 0.455. The van der Waals surface area contributed by atoms with Crippen molar-refractivity contribution in [2.75, 3.05) is 90.5 Å². The minimum atomic E-state index is 0.558. The quantitative estimate of drug-likeness (QED) is 0.0963. The van der Waals surface area contributed by atoms with E-state index >= 15 is 0 Å². The predicted molar refractivity (Wildman–Crippen MR) is 207 cm³/mol. The molecule has 47 heavy (non-hydrogen) atoms. The van der Waals surface area contributed by atoms with Gasteiger partial charge in [-0.15, -0.1) is 0 Å². The van der Waals surface area contributed by atoms with Gasteiger partial charge in [-0.3, -0.25) is 18.0 Å². The molecule has 0 N–H and O–H groups in total. The summed E-state index contributed by atoms with van der Waals surface area (Å²) in [6.07, 6.45) is 7.64. The fourth-order valence-corrected chi connectivity index (χ4v) is 8.58. The average Bonchev–Trinajstić information content (AvgIpc) is 3.11. The largest absolute Gasteiger partial charge is 0.494 e. The van der Waals surface area contributed by atoms with Crippen molar-refractivity contribution in [3.8, 4) is 5.75 Å². The van der Waals surface area contributed by atoms with Crippen molar-refractivity contribution in [1.82, 2.24) is 29.7 Å². The molecule has 0 atom stereocenters. The van der Waals surface area contributed by atoms with Crippen molar-refractivity contribution in [2.45, 2.75) is 25.8 Å². The maximum absolute atomic E-state index is 5.94. The van der Waals surface area contributed by atoms with E-state index in [1.54, 1.807) is 37.6 Å². The molecule has 14 heteroatoms. The van der Waals surface area contributed by atoms with Crippen LogP contribution in [0.1, 0.15) is 19.8 Å². The number of piperidine rings is 1. The molecule has 0 bridgehead atoms. The molecule has 2 aromatic heterocycles. The molecule has 2 saturated heterocycles. The zero-order valence-corrected chi connectivity index (χ0v) is 32.2. The lowest BCUT2D eigenvalue weighted by Crippen LogP contribution is -2.52. The van der Waals surface area contributed by atoms with E-state index < -0.39 is 0 Å². The molecule has 11 nitrogen and oxygen atoms in total. The van der Waals surface area contributed by atoms with Gasteiger partial charge in [0.05, 0.1) is 57.0 Å². The second-order valence-corrected chi connectivity index (χ2v) is 15.1. The molecule has 0 radical (unpaired) electrons. The predicted octanol–water partition coefficient (Wildman–Crippen LogP) is 6.77. The first-order valence-corrected chi connectivity index (χ1v) is 18.7. The normalized spacial score (nSPS) is 16.4. The highest BCUT2D eigenvalue weighted by Gasteiger charge is 2.28. The van der Waals surface area contributed by atoms with Gasteiger partial charge in [-0.2, -0.15) is 4.98 Å². The maximum atomic E-state index is 5.94. The lowest BCUT2D eigenvalue weighted by atomic mass is 10.0. The number of ether oxygens (including phenoxy) is 1. The zero-order chi connectivity index (χ0) is 33.1. The first kappa shape index (κ1) is 34.2. The topological polar surface area (TPSA) is 80.2 Å². The van der Waals surface area contributed by atoms with E-state index in [0.29, 0.717) is 12.0 Å². The molecule has 0 unspecified atom stereocenters. The molecule has 4 aromatic rings. The first-order chi connectivity index (χ1) is 22.8. The number of rotatable bonds is 10. The Labute approximate surface area is 304 Å². The number of likely N-dealkylation sites (N-methyl/N-ethyl adjacent to an activating group) is 1. The van der Waals surface area contributed by atoms with Crippen LogP contribution in [0, 0.1) is 0 Å². The lowest BCUT2D eigenvalue weighted by molar-refractivity contribution is 0.0982. The molecule has 0 spiro atoms. The van der Waals surface area contributed by atoms with Crippen LogP contribution in [-0.2, 0) is 0 Å². The van der Waals surface area contributed by atoms with Gasteiger partial charge >= 0.3 is 0 Å². The van der Waals surface area contributed by atoms with Crippen molar-refractivity contribution in [3.05, 3.63) is 53.4 Å². The van der Waals surface area contributed by atoms with E-state index in [9.17, 15) is 0 Å². The summed E-state index contributed by atoms with van der Waals surface area (Å²) in [6, 6.07) is 11.2. The summed E-state index contributed by atoms with van der Waals surface area (Å²) in [7, 11) is 7.99. The first-order valence-electron chi connectivity index (χ1n) is 16.0. The van der Waals surface area contributed by atoms with Gasteiger partial charge in [0.25, 0.3) is 0 Å². The molecule has 6 rings (SSSR count). The Morgan fingerprint density at radius 1 is 0.979 bits per heavy atom. The zero-order valence-electron chi connectivity index (χ0n) is 27.6. The fourth-order valence-electron chi connectivity index (χ4n) is 6.42. The third kappa shape index (κ3) is 7.36. The molecule has 2 fully saturated rings. The Balaban J connectivity index is 1.23. The number of benzene rings is 2. The van der Waals surface area contributed by atoms with Gasteiger partial charge in [-0.05, 0) is 60.1 Å². The summed E-state index contributed by atoms with van der Waals surface area (Å²) >= 11 is 7.75. The van der Waals surface area contributed by atoms with Crippen LogP contribution in [0.3, 0.4) is 0 Å². The van der Waals surface area contributed by atoms with E-state index in [-0.39, 0.29) is 0 Å². The van der Waals surface area contributed by atoms with E-state index in [0.717, 1.165) is 63.0 Å². The minimum absolute atomic E-state index is 0.558. The molecule has 0 aliphatic carbocycles. The smallest absolute Gasteiger partial charge is 0.231 e. The van der Waals surface area contributed by atoms with Crippen molar-refractivity contribution < 1.29 is 4.74 Å². The number of nitrogens with zero attached hydrogens (tertiary/aromatic N) is 10.